The number of hydrogen-bond donors (Lipinski definition) is 0. The highest BCUT2D eigenvalue weighted by molar-refractivity contribution is 6.01. The van der Waals surface area contributed by atoms with Gasteiger partial charge in [-0.3, -0.25) is 0 Å². The Kier molecular flexibility index (Phi) is 8.12. The third-order valence-corrected chi connectivity index (χ3v) is 2.74. The molecule has 3 nitrogen and oxygen atoms in total. The lowest BCUT2D eigenvalue weighted by Crippen LogP contribution is -2.15. The standard InChI is InChI=1S/C17H28O3/c1-7-8-9-10-11-13(2)15(18)20-16(19)14(3)12-17(4,5)6/h11-12H,7-10H2,1-6H3. The molecule has 0 aromatic rings. The molecule has 0 heterocycles. The van der Waals surface area contributed by atoms with Crippen LogP contribution in [0.3, 0.4) is 0 Å². The van der Waals surface area contributed by atoms with Crippen LogP contribution in [0.15, 0.2) is 23.3 Å². The van der Waals surface area contributed by atoms with E-state index in [1.165, 1.54) is 0 Å². The van der Waals surface area contributed by atoms with E-state index in [1.54, 1.807) is 13.8 Å². The van der Waals surface area contributed by atoms with Crippen molar-refractivity contribution in [3.8, 4) is 0 Å². The van der Waals surface area contributed by atoms with Gasteiger partial charge in [-0.25, -0.2) is 9.59 Å². The van der Waals surface area contributed by atoms with Crippen LogP contribution in [0, 0.1) is 5.41 Å². The van der Waals surface area contributed by atoms with Gasteiger partial charge in [0, 0.05) is 11.1 Å². The Labute approximate surface area is 123 Å². The van der Waals surface area contributed by atoms with Crippen molar-refractivity contribution in [2.75, 3.05) is 0 Å². The predicted molar refractivity (Wildman–Crippen MR) is 82.2 cm³/mol. The van der Waals surface area contributed by atoms with Gasteiger partial charge >= 0.3 is 11.9 Å². The Morgan fingerprint density at radius 1 is 1.00 bits per heavy atom. The molecule has 0 radical (unpaired) electrons. The molecule has 0 rings (SSSR count). The molecule has 0 fully saturated rings. The minimum Gasteiger partial charge on any atom is -0.386 e. The predicted octanol–water partition coefficient (Wildman–Crippen LogP) is 4.58. The molecular formula is C17H28O3. The van der Waals surface area contributed by atoms with Gasteiger partial charge in [0.15, 0.2) is 0 Å². The molecule has 0 N–H and O–H groups in total. The first-order chi connectivity index (χ1) is 9.17. The lowest BCUT2D eigenvalue weighted by Gasteiger charge is -2.13. The lowest BCUT2D eigenvalue weighted by atomic mass is 9.94. The van der Waals surface area contributed by atoms with Gasteiger partial charge in [0.2, 0.25) is 0 Å². The maximum absolute atomic E-state index is 11.8. The van der Waals surface area contributed by atoms with Crippen LogP contribution < -0.4 is 0 Å². The largest absolute Gasteiger partial charge is 0.386 e. The Morgan fingerprint density at radius 2 is 1.55 bits per heavy atom. The van der Waals surface area contributed by atoms with Crippen molar-refractivity contribution >= 4 is 11.9 Å². The van der Waals surface area contributed by atoms with Crippen LogP contribution in [-0.4, -0.2) is 11.9 Å². The van der Waals surface area contributed by atoms with Gasteiger partial charge in [0.1, 0.15) is 0 Å². The van der Waals surface area contributed by atoms with Gasteiger partial charge < -0.3 is 4.74 Å². The lowest BCUT2D eigenvalue weighted by molar-refractivity contribution is -0.154. The van der Waals surface area contributed by atoms with E-state index >= 15 is 0 Å². The van der Waals surface area contributed by atoms with Gasteiger partial charge in [-0.05, 0) is 32.1 Å². The molecule has 0 unspecified atom stereocenters. The highest BCUT2D eigenvalue weighted by Gasteiger charge is 2.16. The van der Waals surface area contributed by atoms with Crippen LogP contribution in [0.5, 0.6) is 0 Å². The Balaban J connectivity index is 4.46. The fraction of sp³-hybridized carbons (Fsp3) is 0.647. The van der Waals surface area contributed by atoms with E-state index in [9.17, 15) is 9.59 Å². The molecule has 3 heteroatoms. The summed E-state index contributed by atoms with van der Waals surface area (Å²) in [5.74, 6) is -1.11. The van der Waals surface area contributed by atoms with E-state index in [4.69, 9.17) is 4.74 Å². The third-order valence-electron chi connectivity index (χ3n) is 2.74. The Morgan fingerprint density at radius 3 is 2.05 bits per heavy atom. The second kappa shape index (κ2) is 8.72. The number of ether oxygens (including phenoxy) is 1. The molecule has 0 bridgehead atoms. The molecule has 0 aliphatic heterocycles. The summed E-state index contributed by atoms with van der Waals surface area (Å²) in [6.45, 7) is 11.5. The molecule has 20 heavy (non-hydrogen) atoms. The number of carbonyl (C=O) groups is 2. The van der Waals surface area contributed by atoms with Crippen molar-refractivity contribution in [2.24, 2.45) is 5.41 Å². The van der Waals surface area contributed by atoms with Gasteiger partial charge in [0.25, 0.3) is 0 Å². The number of allylic oxidation sites excluding steroid dienone is 2. The number of carbonyl (C=O) groups excluding carboxylic acids is 2. The van der Waals surface area contributed by atoms with E-state index in [-0.39, 0.29) is 5.41 Å². The van der Waals surface area contributed by atoms with E-state index in [2.05, 4.69) is 6.92 Å². The van der Waals surface area contributed by atoms with Crippen molar-refractivity contribution in [1.29, 1.82) is 0 Å². The summed E-state index contributed by atoms with van der Waals surface area (Å²) in [6, 6.07) is 0. The minimum atomic E-state index is -0.564. The van der Waals surface area contributed by atoms with Crippen molar-refractivity contribution in [2.45, 2.75) is 67.2 Å². The summed E-state index contributed by atoms with van der Waals surface area (Å²) in [4.78, 5) is 23.5. The number of unbranched alkanes of at least 4 members (excludes halogenated alkanes) is 3. The Bertz CT molecular complexity index is 395. The minimum absolute atomic E-state index is 0.114. The quantitative estimate of drug-likeness (QED) is 0.310. The summed E-state index contributed by atoms with van der Waals surface area (Å²) < 4.78 is 4.86. The molecule has 0 aliphatic rings. The molecule has 114 valence electrons. The van der Waals surface area contributed by atoms with Gasteiger partial charge in [-0.1, -0.05) is 52.7 Å². The number of rotatable bonds is 6. The topological polar surface area (TPSA) is 43.4 Å². The van der Waals surface area contributed by atoms with Gasteiger partial charge in [0.05, 0.1) is 0 Å². The molecule has 0 aromatic carbocycles. The highest BCUT2D eigenvalue weighted by atomic mass is 16.6. The zero-order valence-corrected chi connectivity index (χ0v) is 13.7. The first-order valence-corrected chi connectivity index (χ1v) is 7.30. The maximum Gasteiger partial charge on any atom is 0.341 e. The third kappa shape index (κ3) is 8.68. The Hall–Kier alpha value is -1.38. The summed E-state index contributed by atoms with van der Waals surface area (Å²) in [5.41, 5.74) is 0.847. The fourth-order valence-corrected chi connectivity index (χ4v) is 1.75. The van der Waals surface area contributed by atoms with E-state index in [0.29, 0.717) is 11.1 Å². The smallest absolute Gasteiger partial charge is 0.341 e. The summed E-state index contributed by atoms with van der Waals surface area (Å²) in [7, 11) is 0. The molecule has 0 saturated heterocycles. The molecule has 0 spiro atoms. The zero-order valence-electron chi connectivity index (χ0n) is 13.7. The van der Waals surface area contributed by atoms with E-state index < -0.39 is 11.9 Å². The average Bonchev–Trinajstić information content (AvgIpc) is 2.32. The van der Waals surface area contributed by atoms with Crippen LogP contribution in [-0.2, 0) is 14.3 Å². The number of esters is 2. The molecule has 0 atom stereocenters. The highest BCUT2D eigenvalue weighted by Crippen LogP contribution is 2.18. The summed E-state index contributed by atoms with van der Waals surface area (Å²) in [6.07, 6.45) is 7.84. The maximum atomic E-state index is 11.8. The van der Waals surface area contributed by atoms with Crippen LogP contribution in [0.1, 0.15) is 67.2 Å². The van der Waals surface area contributed by atoms with Crippen LogP contribution in [0.2, 0.25) is 0 Å². The van der Waals surface area contributed by atoms with Crippen LogP contribution >= 0.6 is 0 Å². The summed E-state index contributed by atoms with van der Waals surface area (Å²) in [5, 5.41) is 0. The summed E-state index contributed by atoms with van der Waals surface area (Å²) >= 11 is 0. The molecule has 0 aromatic heterocycles. The number of hydrogen-bond acceptors (Lipinski definition) is 3. The second-order valence-corrected chi connectivity index (χ2v) is 6.25. The first-order valence-electron chi connectivity index (χ1n) is 7.30. The second-order valence-electron chi connectivity index (χ2n) is 6.25. The van der Waals surface area contributed by atoms with Crippen molar-refractivity contribution in [1.82, 2.24) is 0 Å². The molecule has 0 amide bonds. The monoisotopic (exact) mass is 280 g/mol. The van der Waals surface area contributed by atoms with Crippen molar-refractivity contribution in [3.63, 3.8) is 0 Å². The first kappa shape index (κ1) is 18.6. The van der Waals surface area contributed by atoms with Crippen LogP contribution in [0.25, 0.3) is 0 Å². The van der Waals surface area contributed by atoms with Gasteiger partial charge in [-0.15, -0.1) is 0 Å². The zero-order chi connectivity index (χ0) is 15.8. The molecule has 0 saturated carbocycles. The van der Waals surface area contributed by atoms with Crippen molar-refractivity contribution < 1.29 is 14.3 Å². The molecular weight excluding hydrogens is 252 g/mol. The average molecular weight is 280 g/mol. The van der Waals surface area contributed by atoms with Gasteiger partial charge in [-0.2, -0.15) is 0 Å². The normalized spacial score (nSPS) is 13.3. The SMILES string of the molecule is CCCCCC=C(C)C(=O)OC(=O)C(C)=CC(C)(C)C. The molecule has 0 aliphatic carbocycles. The van der Waals surface area contributed by atoms with Crippen molar-refractivity contribution in [3.05, 3.63) is 23.3 Å². The van der Waals surface area contributed by atoms with Crippen LogP contribution in [0.4, 0.5) is 0 Å². The fourth-order valence-electron chi connectivity index (χ4n) is 1.75. The van der Waals surface area contributed by atoms with E-state index in [1.807, 2.05) is 32.9 Å². The van der Waals surface area contributed by atoms with E-state index in [0.717, 1.165) is 25.7 Å².